The van der Waals surface area contributed by atoms with E-state index in [1.807, 2.05) is 26.8 Å². The molecule has 5 nitrogen and oxygen atoms in total. The molecular weight excluding hydrogens is 288 g/mol. The van der Waals surface area contributed by atoms with Crippen LogP contribution in [-0.4, -0.2) is 44.6 Å². The molecule has 0 saturated carbocycles. The first-order valence-corrected chi connectivity index (χ1v) is 9.04. The van der Waals surface area contributed by atoms with Gasteiger partial charge in [0.2, 0.25) is 15.9 Å². The lowest BCUT2D eigenvalue weighted by molar-refractivity contribution is -0.132. The number of para-hydroxylation sites is 1. The maximum absolute atomic E-state index is 12.6. The molecular formula is C15H24N2O3S. The number of hydrogen-bond donors (Lipinski definition) is 0. The van der Waals surface area contributed by atoms with Crippen molar-refractivity contribution in [2.24, 2.45) is 0 Å². The van der Waals surface area contributed by atoms with Crippen molar-refractivity contribution in [1.29, 1.82) is 0 Å². The van der Waals surface area contributed by atoms with E-state index in [1.165, 1.54) is 4.31 Å². The predicted molar refractivity (Wildman–Crippen MR) is 85.8 cm³/mol. The van der Waals surface area contributed by atoms with Gasteiger partial charge in [0.05, 0.1) is 11.9 Å². The Morgan fingerprint density at radius 1 is 1.10 bits per heavy atom. The van der Waals surface area contributed by atoms with Crippen molar-refractivity contribution in [1.82, 2.24) is 4.90 Å². The van der Waals surface area contributed by atoms with Crippen LogP contribution in [0.3, 0.4) is 0 Å². The molecule has 118 valence electrons. The number of nitrogens with zero attached hydrogens (tertiary/aromatic N) is 2. The van der Waals surface area contributed by atoms with Gasteiger partial charge in [-0.25, -0.2) is 8.42 Å². The predicted octanol–water partition coefficient (Wildman–Crippen LogP) is 2.10. The third-order valence-electron chi connectivity index (χ3n) is 3.40. The van der Waals surface area contributed by atoms with Crippen LogP contribution in [0.1, 0.15) is 27.2 Å². The molecule has 1 rings (SSSR count). The summed E-state index contributed by atoms with van der Waals surface area (Å²) in [5.74, 6) is -0.156. The van der Waals surface area contributed by atoms with Gasteiger partial charge in [0.15, 0.2) is 0 Å². The highest BCUT2D eigenvalue weighted by molar-refractivity contribution is 7.92. The molecule has 21 heavy (non-hydrogen) atoms. The van der Waals surface area contributed by atoms with Gasteiger partial charge in [-0.15, -0.1) is 0 Å². The number of hydrogen-bond acceptors (Lipinski definition) is 3. The summed E-state index contributed by atoms with van der Waals surface area (Å²) >= 11 is 0. The van der Waals surface area contributed by atoms with E-state index in [9.17, 15) is 13.2 Å². The second-order valence-corrected chi connectivity index (χ2v) is 6.69. The minimum absolute atomic E-state index is 0.156. The lowest BCUT2D eigenvalue weighted by atomic mass is 10.1. The molecule has 0 spiro atoms. The van der Waals surface area contributed by atoms with Gasteiger partial charge in [-0.05, 0) is 32.4 Å². The van der Waals surface area contributed by atoms with E-state index < -0.39 is 16.1 Å². The number of amides is 1. The zero-order valence-electron chi connectivity index (χ0n) is 13.1. The zero-order valence-corrected chi connectivity index (χ0v) is 13.9. The number of rotatable bonds is 7. The average Bonchev–Trinajstić information content (AvgIpc) is 2.45. The zero-order chi connectivity index (χ0) is 16.0. The summed E-state index contributed by atoms with van der Waals surface area (Å²) in [6, 6.07) is 8.06. The maximum Gasteiger partial charge on any atom is 0.246 e. The van der Waals surface area contributed by atoms with Gasteiger partial charge in [0, 0.05) is 13.1 Å². The van der Waals surface area contributed by atoms with E-state index in [1.54, 1.807) is 29.2 Å². The molecule has 0 aromatic heterocycles. The Bertz CT molecular complexity index is 554. The summed E-state index contributed by atoms with van der Waals surface area (Å²) < 4.78 is 25.6. The van der Waals surface area contributed by atoms with Crippen LogP contribution in [0.15, 0.2) is 30.3 Å². The third kappa shape index (κ3) is 4.20. The maximum atomic E-state index is 12.6. The molecule has 1 aromatic rings. The van der Waals surface area contributed by atoms with Crippen LogP contribution in [0.4, 0.5) is 5.69 Å². The van der Waals surface area contributed by atoms with Crippen molar-refractivity contribution < 1.29 is 13.2 Å². The van der Waals surface area contributed by atoms with Crippen LogP contribution in [0, 0.1) is 0 Å². The van der Waals surface area contributed by atoms with Crippen molar-refractivity contribution in [3.05, 3.63) is 30.3 Å². The molecule has 1 aromatic carbocycles. The Labute approximate surface area is 127 Å². The lowest BCUT2D eigenvalue weighted by Gasteiger charge is -2.33. The summed E-state index contributed by atoms with van der Waals surface area (Å²) in [6.45, 7) is 6.74. The lowest BCUT2D eigenvalue weighted by Crippen LogP contribution is -2.50. The van der Waals surface area contributed by atoms with Gasteiger partial charge in [-0.3, -0.25) is 9.10 Å². The normalized spacial score (nSPS) is 12.8. The van der Waals surface area contributed by atoms with Gasteiger partial charge in [-0.2, -0.15) is 0 Å². The number of anilines is 1. The van der Waals surface area contributed by atoms with E-state index in [0.717, 1.165) is 6.26 Å². The van der Waals surface area contributed by atoms with Crippen LogP contribution >= 0.6 is 0 Å². The molecule has 1 unspecified atom stereocenters. The van der Waals surface area contributed by atoms with Crippen LogP contribution in [0.5, 0.6) is 0 Å². The summed E-state index contributed by atoms with van der Waals surface area (Å²) in [5.41, 5.74) is 0.521. The van der Waals surface area contributed by atoms with Gasteiger partial charge in [0.1, 0.15) is 6.04 Å². The largest absolute Gasteiger partial charge is 0.341 e. The Morgan fingerprint density at radius 3 is 2.00 bits per heavy atom. The van der Waals surface area contributed by atoms with E-state index in [4.69, 9.17) is 0 Å². The van der Waals surface area contributed by atoms with Gasteiger partial charge >= 0.3 is 0 Å². The third-order valence-corrected chi connectivity index (χ3v) is 4.58. The summed E-state index contributed by atoms with van der Waals surface area (Å²) in [5, 5.41) is 0. The van der Waals surface area contributed by atoms with Crippen LogP contribution in [-0.2, 0) is 14.8 Å². The number of benzene rings is 1. The van der Waals surface area contributed by atoms with E-state index in [-0.39, 0.29) is 5.91 Å². The highest BCUT2D eigenvalue weighted by Gasteiger charge is 2.33. The molecule has 0 aliphatic carbocycles. The number of carbonyl (C=O) groups is 1. The van der Waals surface area contributed by atoms with Crippen LogP contribution in [0.2, 0.25) is 0 Å². The van der Waals surface area contributed by atoms with Crippen LogP contribution < -0.4 is 4.31 Å². The smallest absolute Gasteiger partial charge is 0.246 e. The molecule has 0 bridgehead atoms. The Balaban J connectivity index is 3.27. The summed E-state index contributed by atoms with van der Waals surface area (Å²) in [4.78, 5) is 14.3. The fourth-order valence-corrected chi connectivity index (χ4v) is 3.57. The van der Waals surface area contributed by atoms with Crippen molar-refractivity contribution in [2.45, 2.75) is 33.2 Å². The second kappa shape index (κ2) is 7.45. The molecule has 0 aliphatic heterocycles. The molecule has 0 heterocycles. The molecule has 6 heteroatoms. The number of sulfonamides is 1. The fourth-order valence-electron chi connectivity index (χ4n) is 2.36. The first-order valence-electron chi connectivity index (χ1n) is 7.20. The van der Waals surface area contributed by atoms with Crippen molar-refractivity contribution >= 4 is 21.6 Å². The van der Waals surface area contributed by atoms with Crippen molar-refractivity contribution in [2.75, 3.05) is 23.7 Å². The van der Waals surface area contributed by atoms with E-state index >= 15 is 0 Å². The molecule has 0 radical (unpaired) electrons. The Morgan fingerprint density at radius 2 is 1.62 bits per heavy atom. The molecule has 1 atom stereocenters. The van der Waals surface area contributed by atoms with Gasteiger partial charge in [0.25, 0.3) is 0 Å². The first kappa shape index (κ1) is 17.5. The average molecular weight is 312 g/mol. The molecule has 1 amide bonds. The topological polar surface area (TPSA) is 57.7 Å². The minimum atomic E-state index is -3.54. The standard InChI is InChI=1S/C15H24N2O3S/c1-5-14(15(18)16(6-2)7-3)17(21(4,19)20)13-11-9-8-10-12-13/h8-12,14H,5-7H2,1-4H3. The Hall–Kier alpha value is -1.56. The molecule has 0 fully saturated rings. The summed E-state index contributed by atoms with van der Waals surface area (Å²) in [7, 11) is -3.54. The Kier molecular flexibility index (Phi) is 6.20. The quantitative estimate of drug-likeness (QED) is 0.775. The number of likely N-dealkylation sites (N-methyl/N-ethyl adjacent to an activating group) is 1. The second-order valence-electron chi connectivity index (χ2n) is 4.83. The monoisotopic (exact) mass is 312 g/mol. The highest BCUT2D eigenvalue weighted by Crippen LogP contribution is 2.23. The van der Waals surface area contributed by atoms with E-state index in [2.05, 4.69) is 0 Å². The molecule has 0 saturated heterocycles. The highest BCUT2D eigenvalue weighted by atomic mass is 32.2. The van der Waals surface area contributed by atoms with Crippen molar-refractivity contribution in [3.8, 4) is 0 Å². The van der Waals surface area contributed by atoms with Crippen LogP contribution in [0.25, 0.3) is 0 Å². The summed E-state index contributed by atoms with van der Waals surface area (Å²) in [6.07, 6.45) is 1.56. The fraction of sp³-hybridized carbons (Fsp3) is 0.533. The van der Waals surface area contributed by atoms with E-state index in [0.29, 0.717) is 25.2 Å². The van der Waals surface area contributed by atoms with Gasteiger partial charge < -0.3 is 4.90 Å². The van der Waals surface area contributed by atoms with Gasteiger partial charge in [-0.1, -0.05) is 25.1 Å². The first-order chi connectivity index (χ1) is 9.86. The number of carbonyl (C=O) groups excluding carboxylic acids is 1. The minimum Gasteiger partial charge on any atom is -0.341 e. The molecule has 0 aliphatic rings. The SMILES string of the molecule is CCC(C(=O)N(CC)CC)N(c1ccccc1)S(C)(=O)=O. The molecule has 0 N–H and O–H groups in total. The van der Waals surface area contributed by atoms with Crippen molar-refractivity contribution in [3.63, 3.8) is 0 Å².